The number of nitrogens with one attached hydrogen (secondary N) is 1. The third-order valence-electron chi connectivity index (χ3n) is 3.33. The number of alkyl halides is 3. The molecular formula is C13H15BrF4N2. The van der Waals surface area contributed by atoms with Crippen LogP contribution in [0.3, 0.4) is 0 Å². The molecule has 1 aromatic rings. The van der Waals surface area contributed by atoms with Crippen molar-refractivity contribution in [3.8, 4) is 0 Å². The van der Waals surface area contributed by atoms with Crippen LogP contribution in [0.1, 0.15) is 18.0 Å². The van der Waals surface area contributed by atoms with Gasteiger partial charge in [-0.05, 0) is 18.2 Å². The molecule has 0 spiro atoms. The van der Waals surface area contributed by atoms with Crippen LogP contribution < -0.4 is 5.32 Å². The topological polar surface area (TPSA) is 15.3 Å². The number of benzene rings is 1. The summed E-state index contributed by atoms with van der Waals surface area (Å²) in [4.78, 5) is 1.69. The Morgan fingerprint density at radius 1 is 1.25 bits per heavy atom. The molecule has 7 heteroatoms. The van der Waals surface area contributed by atoms with E-state index >= 15 is 0 Å². The highest BCUT2D eigenvalue weighted by Gasteiger charge is 2.37. The summed E-state index contributed by atoms with van der Waals surface area (Å²) in [5.74, 6) is -0.596. The number of halogens is 5. The van der Waals surface area contributed by atoms with Crippen LogP contribution in [-0.2, 0) is 0 Å². The van der Waals surface area contributed by atoms with Crippen molar-refractivity contribution in [2.24, 2.45) is 0 Å². The van der Waals surface area contributed by atoms with Crippen LogP contribution in [0.2, 0.25) is 0 Å². The highest BCUT2D eigenvalue weighted by Crippen LogP contribution is 2.36. The Morgan fingerprint density at radius 3 is 2.50 bits per heavy atom. The molecule has 1 N–H and O–H groups in total. The predicted octanol–water partition coefficient (Wildman–Crippen LogP) is 3.49. The summed E-state index contributed by atoms with van der Waals surface area (Å²) in [5.41, 5.74) is 0.0959. The zero-order chi connectivity index (χ0) is 14.8. The zero-order valence-corrected chi connectivity index (χ0v) is 12.3. The molecule has 0 saturated carbocycles. The quantitative estimate of drug-likeness (QED) is 0.836. The van der Waals surface area contributed by atoms with Gasteiger partial charge in [0.2, 0.25) is 0 Å². The van der Waals surface area contributed by atoms with Crippen LogP contribution in [0.15, 0.2) is 22.7 Å². The smallest absolute Gasteiger partial charge is 0.314 e. The molecule has 0 unspecified atom stereocenters. The Kier molecular flexibility index (Phi) is 5.04. The molecule has 1 aliphatic rings. The van der Waals surface area contributed by atoms with Crippen molar-refractivity contribution in [2.45, 2.75) is 18.6 Å². The van der Waals surface area contributed by atoms with Gasteiger partial charge in [-0.1, -0.05) is 15.9 Å². The highest BCUT2D eigenvalue weighted by atomic mass is 79.9. The summed E-state index contributed by atoms with van der Waals surface area (Å²) in [6, 6.07) is 3.15. The standard InChI is InChI=1S/C13H15BrF4N2/c14-9-1-2-11(15)10(7-9)12(8-13(16,17)18)20-5-3-19-4-6-20/h1-2,7,12,19H,3-6,8H2/t12-/m1/s1. The molecule has 1 aliphatic heterocycles. The Hall–Kier alpha value is -0.660. The third-order valence-corrected chi connectivity index (χ3v) is 3.83. The van der Waals surface area contributed by atoms with E-state index in [1.54, 1.807) is 4.90 Å². The lowest BCUT2D eigenvalue weighted by molar-refractivity contribution is -0.149. The third kappa shape index (κ3) is 4.17. The summed E-state index contributed by atoms with van der Waals surface area (Å²) in [6.45, 7) is 2.19. The molecule has 20 heavy (non-hydrogen) atoms. The summed E-state index contributed by atoms with van der Waals surface area (Å²) in [7, 11) is 0. The highest BCUT2D eigenvalue weighted by molar-refractivity contribution is 9.10. The van der Waals surface area contributed by atoms with Gasteiger partial charge in [-0.15, -0.1) is 0 Å². The van der Waals surface area contributed by atoms with E-state index in [-0.39, 0.29) is 5.56 Å². The van der Waals surface area contributed by atoms with E-state index in [0.29, 0.717) is 30.7 Å². The van der Waals surface area contributed by atoms with Gasteiger partial charge >= 0.3 is 6.18 Å². The lowest BCUT2D eigenvalue weighted by Crippen LogP contribution is -2.46. The number of hydrogen-bond acceptors (Lipinski definition) is 2. The van der Waals surface area contributed by atoms with Gasteiger partial charge in [0.05, 0.1) is 6.42 Å². The summed E-state index contributed by atoms with van der Waals surface area (Å²) in [5, 5.41) is 3.08. The predicted molar refractivity (Wildman–Crippen MR) is 72.0 cm³/mol. The second-order valence-corrected chi connectivity index (χ2v) is 5.70. The molecule has 1 atom stereocenters. The van der Waals surface area contributed by atoms with Crippen molar-refractivity contribution in [2.75, 3.05) is 26.2 Å². The molecule has 0 aromatic heterocycles. The molecule has 1 heterocycles. The van der Waals surface area contributed by atoms with Crippen molar-refractivity contribution < 1.29 is 17.6 Å². The van der Waals surface area contributed by atoms with Crippen LogP contribution in [0.5, 0.6) is 0 Å². The van der Waals surface area contributed by atoms with E-state index < -0.39 is 24.5 Å². The van der Waals surface area contributed by atoms with Crippen molar-refractivity contribution >= 4 is 15.9 Å². The molecule has 2 rings (SSSR count). The fourth-order valence-electron chi connectivity index (χ4n) is 2.42. The minimum atomic E-state index is -4.33. The first-order valence-electron chi connectivity index (χ1n) is 6.33. The maximum atomic E-state index is 13.9. The average Bonchev–Trinajstić information content (AvgIpc) is 2.39. The minimum Gasteiger partial charge on any atom is -0.314 e. The molecule has 1 saturated heterocycles. The van der Waals surface area contributed by atoms with E-state index in [9.17, 15) is 17.6 Å². The van der Waals surface area contributed by atoms with Gasteiger partial charge in [-0.25, -0.2) is 4.39 Å². The fraction of sp³-hybridized carbons (Fsp3) is 0.538. The van der Waals surface area contributed by atoms with Crippen molar-refractivity contribution in [1.29, 1.82) is 0 Å². The lowest BCUT2D eigenvalue weighted by Gasteiger charge is -2.35. The Balaban J connectivity index is 2.31. The van der Waals surface area contributed by atoms with Crippen LogP contribution in [0.25, 0.3) is 0 Å². The molecular weight excluding hydrogens is 340 g/mol. The normalized spacial score (nSPS) is 19.1. The molecule has 1 aromatic carbocycles. The Morgan fingerprint density at radius 2 is 1.90 bits per heavy atom. The fourth-order valence-corrected chi connectivity index (χ4v) is 2.80. The van der Waals surface area contributed by atoms with Crippen LogP contribution >= 0.6 is 15.9 Å². The molecule has 0 radical (unpaired) electrons. The van der Waals surface area contributed by atoms with Crippen molar-refractivity contribution in [3.05, 3.63) is 34.1 Å². The molecule has 0 bridgehead atoms. The number of nitrogens with zero attached hydrogens (tertiary/aromatic N) is 1. The maximum Gasteiger partial charge on any atom is 0.390 e. The van der Waals surface area contributed by atoms with E-state index in [2.05, 4.69) is 21.2 Å². The van der Waals surface area contributed by atoms with E-state index in [1.165, 1.54) is 18.2 Å². The molecule has 1 fully saturated rings. The maximum absolute atomic E-state index is 13.9. The lowest BCUT2D eigenvalue weighted by atomic mass is 10.0. The van der Waals surface area contributed by atoms with E-state index in [0.717, 1.165) is 0 Å². The summed E-state index contributed by atoms with van der Waals surface area (Å²) in [6.07, 6.45) is -5.37. The van der Waals surface area contributed by atoms with Gasteiger partial charge in [-0.3, -0.25) is 4.90 Å². The van der Waals surface area contributed by atoms with Crippen molar-refractivity contribution in [1.82, 2.24) is 10.2 Å². The summed E-state index contributed by atoms with van der Waals surface area (Å²) < 4.78 is 52.9. The first-order chi connectivity index (χ1) is 9.37. The monoisotopic (exact) mass is 354 g/mol. The molecule has 0 aliphatic carbocycles. The second-order valence-electron chi connectivity index (χ2n) is 4.79. The van der Waals surface area contributed by atoms with Crippen LogP contribution in [0.4, 0.5) is 17.6 Å². The largest absolute Gasteiger partial charge is 0.390 e. The zero-order valence-electron chi connectivity index (χ0n) is 10.7. The van der Waals surface area contributed by atoms with E-state index in [4.69, 9.17) is 0 Å². The molecule has 0 amide bonds. The number of rotatable bonds is 3. The molecule has 2 nitrogen and oxygen atoms in total. The van der Waals surface area contributed by atoms with E-state index in [1.807, 2.05) is 0 Å². The number of piperazine rings is 1. The van der Waals surface area contributed by atoms with Crippen molar-refractivity contribution in [3.63, 3.8) is 0 Å². The first kappa shape index (κ1) is 15.7. The number of hydrogen-bond donors (Lipinski definition) is 1. The van der Waals surface area contributed by atoms with Gasteiger partial charge < -0.3 is 5.32 Å². The van der Waals surface area contributed by atoms with Gasteiger partial charge in [0.1, 0.15) is 5.82 Å². The molecule has 112 valence electrons. The second kappa shape index (κ2) is 6.41. The van der Waals surface area contributed by atoms with Gasteiger partial charge in [0.15, 0.2) is 0 Å². The summed E-state index contributed by atoms with van der Waals surface area (Å²) >= 11 is 3.19. The van der Waals surface area contributed by atoms with Crippen LogP contribution in [-0.4, -0.2) is 37.3 Å². The van der Waals surface area contributed by atoms with Gasteiger partial charge in [-0.2, -0.15) is 13.2 Å². The van der Waals surface area contributed by atoms with Gasteiger partial charge in [0.25, 0.3) is 0 Å². The van der Waals surface area contributed by atoms with Gasteiger partial charge in [0, 0.05) is 42.3 Å². The van der Waals surface area contributed by atoms with Crippen LogP contribution in [0, 0.1) is 5.82 Å². The minimum absolute atomic E-state index is 0.0959. The SMILES string of the molecule is Fc1ccc(Br)cc1[C@@H](CC(F)(F)F)N1CCNCC1. The average molecular weight is 355 g/mol. The Bertz CT molecular complexity index is 458. The first-order valence-corrected chi connectivity index (χ1v) is 7.12. The Labute approximate surface area is 123 Å².